The number of likely N-dealkylation sites (N-methyl/N-ethyl adjacent to an activating group) is 2. The van der Waals surface area contributed by atoms with E-state index in [9.17, 15) is 33.9 Å². The molecule has 2 saturated heterocycles. The fourth-order valence-corrected chi connectivity index (χ4v) is 5.82. The number of alkyl halides is 1. The number of carbonyl (C=O) groups is 6. The SMILES string of the molecule is CC[C@@H](C)[C@@H]1NC(=O)[C@@H]2[C@@H](C)CCN2C(=O)[C@@H](C[C@H](O)CCl)OC(=O)CCNC(=O)[C@H](C)N(C)C(=O)[C@H](C(C)C)N(C)C1=O. The summed E-state index contributed by atoms with van der Waals surface area (Å²) < 4.78 is 5.47. The molecule has 44 heavy (non-hydrogen) atoms. The predicted octanol–water partition coefficient (Wildman–Crippen LogP) is 0.506. The van der Waals surface area contributed by atoms with Crippen LogP contribution in [0.15, 0.2) is 0 Å². The first-order chi connectivity index (χ1) is 20.6. The Morgan fingerprint density at radius 3 is 2.18 bits per heavy atom. The first-order valence-electron chi connectivity index (χ1n) is 15.4. The minimum absolute atomic E-state index is 0.128. The number of aliphatic hydroxyl groups is 1. The summed E-state index contributed by atoms with van der Waals surface area (Å²) in [6.07, 6.45) is -2.09. The van der Waals surface area contributed by atoms with Crippen LogP contribution in [0.4, 0.5) is 0 Å². The zero-order chi connectivity index (χ0) is 33.5. The first kappa shape index (κ1) is 37.3. The van der Waals surface area contributed by atoms with Gasteiger partial charge in [0.2, 0.25) is 23.6 Å². The van der Waals surface area contributed by atoms with E-state index >= 15 is 0 Å². The lowest BCUT2D eigenvalue weighted by Crippen LogP contribution is -2.61. The summed E-state index contributed by atoms with van der Waals surface area (Å²) in [5.74, 6) is -4.55. The molecule has 2 aliphatic rings. The van der Waals surface area contributed by atoms with Crippen LogP contribution in [0.25, 0.3) is 0 Å². The first-order valence-corrected chi connectivity index (χ1v) is 16.0. The molecular weight excluding hydrogens is 594 g/mol. The molecule has 0 aromatic rings. The van der Waals surface area contributed by atoms with E-state index in [-0.39, 0.29) is 49.6 Å². The van der Waals surface area contributed by atoms with Gasteiger partial charge in [-0.2, -0.15) is 0 Å². The van der Waals surface area contributed by atoms with E-state index in [1.807, 2.05) is 20.8 Å². The molecular formula is C30H50ClN5O8. The van der Waals surface area contributed by atoms with Crippen LogP contribution < -0.4 is 10.6 Å². The number of ether oxygens (including phenoxy) is 1. The average molecular weight is 644 g/mol. The number of hydrogen-bond donors (Lipinski definition) is 3. The molecule has 2 aliphatic heterocycles. The predicted molar refractivity (Wildman–Crippen MR) is 163 cm³/mol. The van der Waals surface area contributed by atoms with Crippen LogP contribution in [-0.2, 0) is 33.5 Å². The fraction of sp³-hybridized carbons (Fsp3) is 0.800. The van der Waals surface area contributed by atoms with Gasteiger partial charge in [-0.25, -0.2) is 0 Å². The zero-order valence-corrected chi connectivity index (χ0v) is 27.9. The molecule has 2 rings (SSSR count). The van der Waals surface area contributed by atoms with E-state index in [1.165, 1.54) is 35.7 Å². The molecule has 14 heteroatoms. The summed E-state index contributed by atoms with van der Waals surface area (Å²) in [7, 11) is 2.98. The van der Waals surface area contributed by atoms with Crippen molar-refractivity contribution < 1.29 is 38.6 Å². The zero-order valence-electron chi connectivity index (χ0n) is 27.2. The van der Waals surface area contributed by atoms with Crippen molar-refractivity contribution in [1.29, 1.82) is 0 Å². The Morgan fingerprint density at radius 1 is 0.977 bits per heavy atom. The van der Waals surface area contributed by atoms with Crippen molar-refractivity contribution in [1.82, 2.24) is 25.3 Å². The number of nitrogens with zero attached hydrogens (tertiary/aromatic N) is 3. The van der Waals surface area contributed by atoms with Gasteiger partial charge in [0.15, 0.2) is 6.10 Å². The molecule has 0 bridgehead atoms. The van der Waals surface area contributed by atoms with E-state index in [0.29, 0.717) is 12.8 Å². The van der Waals surface area contributed by atoms with Crippen molar-refractivity contribution in [3.8, 4) is 0 Å². The number of fused-ring (bicyclic) bond motifs is 1. The highest BCUT2D eigenvalue weighted by atomic mass is 35.5. The van der Waals surface area contributed by atoms with Crippen molar-refractivity contribution in [2.75, 3.05) is 33.1 Å². The Hall–Kier alpha value is -2.93. The van der Waals surface area contributed by atoms with Crippen LogP contribution >= 0.6 is 11.6 Å². The van der Waals surface area contributed by atoms with Crippen molar-refractivity contribution in [2.24, 2.45) is 17.8 Å². The molecule has 13 nitrogen and oxygen atoms in total. The summed E-state index contributed by atoms with van der Waals surface area (Å²) >= 11 is 5.78. The molecule has 0 aromatic heterocycles. The van der Waals surface area contributed by atoms with Crippen LogP contribution in [0.3, 0.4) is 0 Å². The molecule has 0 aliphatic carbocycles. The van der Waals surface area contributed by atoms with Crippen molar-refractivity contribution in [2.45, 2.75) is 104 Å². The number of rotatable bonds is 6. The van der Waals surface area contributed by atoms with Gasteiger partial charge in [-0.1, -0.05) is 41.0 Å². The molecule has 0 aromatic carbocycles. The lowest BCUT2D eigenvalue weighted by atomic mass is 9.94. The summed E-state index contributed by atoms with van der Waals surface area (Å²) in [5.41, 5.74) is 0. The lowest BCUT2D eigenvalue weighted by molar-refractivity contribution is -0.163. The Labute approximate surface area is 265 Å². The monoisotopic (exact) mass is 643 g/mol. The topological polar surface area (TPSA) is 166 Å². The smallest absolute Gasteiger partial charge is 0.308 e. The maximum Gasteiger partial charge on any atom is 0.308 e. The fourth-order valence-electron chi connectivity index (χ4n) is 5.69. The second-order valence-electron chi connectivity index (χ2n) is 12.4. The summed E-state index contributed by atoms with van der Waals surface area (Å²) in [4.78, 5) is 84.9. The van der Waals surface area contributed by atoms with E-state index < -0.39 is 71.9 Å². The highest BCUT2D eigenvalue weighted by molar-refractivity contribution is 6.18. The van der Waals surface area contributed by atoms with Gasteiger partial charge in [-0.3, -0.25) is 28.8 Å². The summed E-state index contributed by atoms with van der Waals surface area (Å²) in [5, 5.41) is 15.7. The third-order valence-corrected chi connectivity index (χ3v) is 9.18. The molecule has 0 unspecified atom stereocenters. The van der Waals surface area contributed by atoms with Crippen LogP contribution in [0.2, 0.25) is 0 Å². The minimum Gasteiger partial charge on any atom is -0.452 e. The van der Waals surface area contributed by atoms with E-state index in [2.05, 4.69) is 10.6 Å². The van der Waals surface area contributed by atoms with E-state index in [1.54, 1.807) is 13.8 Å². The number of nitrogens with one attached hydrogen (secondary N) is 2. The van der Waals surface area contributed by atoms with Crippen LogP contribution in [0, 0.1) is 17.8 Å². The standard InChI is InChI=1S/C30H50ClN5O8/c1-9-17(4)23-29(42)35(8)24(16(2)3)30(43)34(7)19(6)26(39)32-12-10-22(38)44-21(14-20(37)15-31)28(41)36-13-11-18(5)25(36)27(40)33-23/h16-21,23-25,37H,9-15H2,1-8H3,(H,32,39)(H,33,40)/t17-,18+,19+,20+,21-,23+,24+,25+/m1/s1. The van der Waals surface area contributed by atoms with Crippen molar-refractivity contribution in [3.05, 3.63) is 0 Å². The maximum absolute atomic E-state index is 14.0. The molecule has 8 atom stereocenters. The molecule has 2 fully saturated rings. The van der Waals surface area contributed by atoms with Crippen LogP contribution in [-0.4, -0.2) is 125 Å². The summed E-state index contributed by atoms with van der Waals surface area (Å²) in [6.45, 7) is 10.7. The molecule has 3 N–H and O–H groups in total. The number of carbonyl (C=O) groups excluding carboxylic acids is 6. The Bertz CT molecular complexity index is 1070. The van der Waals surface area contributed by atoms with Gasteiger partial charge in [-0.15, -0.1) is 11.6 Å². The van der Waals surface area contributed by atoms with Crippen LogP contribution in [0.1, 0.15) is 67.2 Å². The minimum atomic E-state index is -1.41. The number of amides is 5. The molecule has 0 spiro atoms. The van der Waals surface area contributed by atoms with Gasteiger partial charge in [-0.05, 0) is 31.1 Å². The van der Waals surface area contributed by atoms with Crippen molar-refractivity contribution >= 4 is 47.1 Å². The third kappa shape index (κ3) is 8.83. The number of esters is 1. The Balaban J connectivity index is 2.59. The normalized spacial score (nSPS) is 30.2. The highest BCUT2D eigenvalue weighted by Gasteiger charge is 2.45. The van der Waals surface area contributed by atoms with Gasteiger partial charge in [0, 0.05) is 39.5 Å². The molecule has 0 radical (unpaired) electrons. The summed E-state index contributed by atoms with van der Waals surface area (Å²) in [6, 6.07) is -3.83. The molecule has 5 amide bonds. The molecule has 2 heterocycles. The maximum atomic E-state index is 14.0. The van der Waals surface area contributed by atoms with Gasteiger partial charge >= 0.3 is 5.97 Å². The molecule has 0 saturated carbocycles. The van der Waals surface area contributed by atoms with Gasteiger partial charge in [0.25, 0.3) is 5.91 Å². The Morgan fingerprint density at radius 2 is 1.61 bits per heavy atom. The Kier molecular flexibility index (Phi) is 13.9. The average Bonchev–Trinajstić information content (AvgIpc) is 3.37. The third-order valence-electron chi connectivity index (χ3n) is 8.83. The number of hydrogen-bond acceptors (Lipinski definition) is 8. The van der Waals surface area contributed by atoms with Crippen LogP contribution in [0.5, 0.6) is 0 Å². The highest BCUT2D eigenvalue weighted by Crippen LogP contribution is 2.27. The number of aliphatic hydroxyl groups excluding tert-OH is 1. The van der Waals surface area contributed by atoms with E-state index in [4.69, 9.17) is 16.3 Å². The quantitative estimate of drug-likeness (QED) is 0.278. The number of halogens is 1. The van der Waals surface area contributed by atoms with E-state index in [0.717, 1.165) is 0 Å². The van der Waals surface area contributed by atoms with Gasteiger partial charge < -0.3 is 35.2 Å². The van der Waals surface area contributed by atoms with Gasteiger partial charge in [0.1, 0.15) is 24.2 Å². The second-order valence-corrected chi connectivity index (χ2v) is 12.7. The van der Waals surface area contributed by atoms with Gasteiger partial charge in [0.05, 0.1) is 12.5 Å². The largest absolute Gasteiger partial charge is 0.452 e. The van der Waals surface area contributed by atoms with Crippen molar-refractivity contribution in [3.63, 3.8) is 0 Å². The molecule has 250 valence electrons. The number of cyclic esters (lactones) is 1. The second kappa shape index (κ2) is 16.4. The lowest BCUT2D eigenvalue weighted by Gasteiger charge is -2.38.